The van der Waals surface area contributed by atoms with E-state index < -0.39 is 26.3 Å². The predicted octanol–water partition coefficient (Wildman–Crippen LogP) is 2.05. The predicted molar refractivity (Wildman–Crippen MR) is 90.9 cm³/mol. The van der Waals surface area contributed by atoms with Gasteiger partial charge in [0.2, 0.25) is 0 Å². The van der Waals surface area contributed by atoms with Gasteiger partial charge in [0, 0.05) is 12.1 Å². The second-order valence-electron chi connectivity index (χ2n) is 6.83. The van der Waals surface area contributed by atoms with E-state index in [2.05, 4.69) is 16.5 Å². The number of rotatable bonds is 6. The van der Waals surface area contributed by atoms with Crippen LogP contribution >= 0.6 is 7.82 Å². The molecule has 0 aromatic heterocycles. The number of hydrogen-bond acceptors (Lipinski definition) is 5. The van der Waals surface area contributed by atoms with E-state index in [0.29, 0.717) is 17.6 Å². The molecule has 0 spiro atoms. The summed E-state index contributed by atoms with van der Waals surface area (Å²) < 4.78 is 21.3. The Balaban J connectivity index is 1.68. The molecular weight excluding hydrogens is 345 g/mol. The molecule has 2 saturated heterocycles. The lowest BCUT2D eigenvalue weighted by Gasteiger charge is -2.36. The highest BCUT2D eigenvalue weighted by Crippen LogP contribution is 2.39. The van der Waals surface area contributed by atoms with Crippen LogP contribution in [-0.4, -0.2) is 52.5 Å². The highest BCUT2D eigenvalue weighted by Gasteiger charge is 2.40. The van der Waals surface area contributed by atoms with Crippen LogP contribution < -0.4 is 0 Å². The number of nitrogens with zero attached hydrogens (tertiary/aromatic N) is 1. The molecular formula is C17H24NO6P. The van der Waals surface area contributed by atoms with Gasteiger partial charge in [0.15, 0.2) is 0 Å². The minimum absolute atomic E-state index is 0.150. The van der Waals surface area contributed by atoms with Gasteiger partial charge in [0.1, 0.15) is 12.0 Å². The largest absolute Gasteiger partial charge is 0.469 e. The van der Waals surface area contributed by atoms with Gasteiger partial charge in [0.05, 0.1) is 6.61 Å². The first-order valence-electron chi connectivity index (χ1n) is 8.51. The lowest BCUT2D eigenvalue weighted by Crippen LogP contribution is -2.43. The van der Waals surface area contributed by atoms with Crippen LogP contribution in [0.1, 0.15) is 37.2 Å². The van der Waals surface area contributed by atoms with E-state index in [-0.39, 0.29) is 6.10 Å². The summed E-state index contributed by atoms with van der Waals surface area (Å²) in [7, 11) is -2.54. The molecule has 8 heteroatoms. The van der Waals surface area contributed by atoms with Crippen LogP contribution in [-0.2, 0) is 18.6 Å². The zero-order valence-corrected chi connectivity index (χ0v) is 15.0. The van der Waals surface area contributed by atoms with Gasteiger partial charge < -0.3 is 19.4 Å². The first kappa shape index (κ1) is 18.5. The van der Waals surface area contributed by atoms with Crippen molar-refractivity contribution in [1.29, 1.82) is 0 Å². The van der Waals surface area contributed by atoms with Gasteiger partial charge in [-0.25, -0.2) is 4.57 Å². The Morgan fingerprint density at radius 1 is 1.24 bits per heavy atom. The van der Waals surface area contributed by atoms with Crippen molar-refractivity contribution in [3.05, 3.63) is 35.9 Å². The molecule has 2 unspecified atom stereocenters. The molecule has 138 valence electrons. The molecule has 2 heterocycles. The zero-order chi connectivity index (χ0) is 18.0. The van der Waals surface area contributed by atoms with Crippen molar-refractivity contribution in [2.45, 2.75) is 49.8 Å². The first-order valence-corrected chi connectivity index (χ1v) is 10.0. The van der Waals surface area contributed by atoms with Crippen LogP contribution in [0.15, 0.2) is 30.3 Å². The number of phosphoric ester groups is 1. The van der Waals surface area contributed by atoms with Crippen molar-refractivity contribution < 1.29 is 28.4 Å². The van der Waals surface area contributed by atoms with Gasteiger partial charge in [0.25, 0.3) is 0 Å². The molecule has 0 aliphatic carbocycles. The second-order valence-corrected chi connectivity index (χ2v) is 8.07. The fourth-order valence-electron chi connectivity index (χ4n) is 3.86. The summed E-state index contributed by atoms with van der Waals surface area (Å²) in [5.74, 6) is -1.35. The molecule has 1 aromatic rings. The number of fused-ring (bicyclic) bond motifs is 2. The Morgan fingerprint density at radius 3 is 2.40 bits per heavy atom. The number of phosphoric acid groups is 1. The van der Waals surface area contributed by atoms with Crippen molar-refractivity contribution in [3.63, 3.8) is 0 Å². The van der Waals surface area contributed by atoms with E-state index in [1.165, 1.54) is 0 Å². The van der Waals surface area contributed by atoms with Crippen molar-refractivity contribution >= 4 is 13.8 Å². The highest BCUT2D eigenvalue weighted by molar-refractivity contribution is 7.46. The summed E-state index contributed by atoms with van der Waals surface area (Å²) in [6.07, 6.45) is 3.71. The number of esters is 1. The third-order valence-electron chi connectivity index (χ3n) is 5.23. The Labute approximate surface area is 147 Å². The topological polar surface area (TPSA) is 96.3 Å². The summed E-state index contributed by atoms with van der Waals surface area (Å²) in [5.41, 5.74) is 0.622. The fourth-order valence-corrected chi connectivity index (χ4v) is 4.20. The van der Waals surface area contributed by atoms with Gasteiger partial charge in [-0.05, 0) is 38.3 Å². The van der Waals surface area contributed by atoms with Gasteiger partial charge in [-0.1, -0.05) is 30.3 Å². The van der Waals surface area contributed by atoms with E-state index in [1.54, 1.807) is 24.3 Å². The summed E-state index contributed by atoms with van der Waals surface area (Å²) >= 11 is 0. The van der Waals surface area contributed by atoms with Crippen molar-refractivity contribution in [2.24, 2.45) is 0 Å². The van der Waals surface area contributed by atoms with Crippen LogP contribution in [0.4, 0.5) is 0 Å². The Hall–Kier alpha value is -1.24. The summed E-state index contributed by atoms with van der Waals surface area (Å²) in [6.45, 7) is -0.410. The van der Waals surface area contributed by atoms with Crippen molar-refractivity contribution in [2.75, 3.05) is 13.7 Å². The maximum absolute atomic E-state index is 12.7. The molecule has 4 atom stereocenters. The lowest BCUT2D eigenvalue weighted by molar-refractivity contribution is -0.155. The van der Waals surface area contributed by atoms with Gasteiger partial charge in [-0.2, -0.15) is 0 Å². The smallest absolute Gasteiger partial charge is 0.462 e. The maximum atomic E-state index is 12.7. The fraction of sp³-hybridized carbons (Fsp3) is 0.588. The van der Waals surface area contributed by atoms with Crippen LogP contribution in [0.3, 0.4) is 0 Å². The zero-order valence-electron chi connectivity index (χ0n) is 14.2. The molecule has 2 aliphatic heterocycles. The van der Waals surface area contributed by atoms with Gasteiger partial charge in [-0.15, -0.1) is 0 Å². The van der Waals surface area contributed by atoms with Gasteiger partial charge >= 0.3 is 13.8 Å². The molecule has 2 aliphatic rings. The molecule has 0 saturated carbocycles. The number of benzene rings is 1. The molecule has 2 N–H and O–H groups in total. The normalized spacial score (nSPS) is 27.9. The van der Waals surface area contributed by atoms with E-state index >= 15 is 0 Å². The third kappa shape index (κ3) is 4.68. The molecule has 2 fully saturated rings. The van der Waals surface area contributed by atoms with E-state index in [4.69, 9.17) is 14.5 Å². The first-order chi connectivity index (χ1) is 11.8. The molecule has 7 nitrogen and oxygen atoms in total. The average Bonchev–Trinajstić information content (AvgIpc) is 2.77. The summed E-state index contributed by atoms with van der Waals surface area (Å²) in [6, 6.07) is 9.69. The molecule has 2 bridgehead atoms. The molecule has 1 aromatic carbocycles. The van der Waals surface area contributed by atoms with E-state index in [1.807, 2.05) is 6.07 Å². The average molecular weight is 369 g/mol. The quantitative estimate of drug-likeness (QED) is 0.585. The number of carbonyl (C=O) groups is 1. The standard InChI is InChI=1S/C17H24NO6P/c1-18-13-7-8-14(18)10-15(9-13)24-17(19)16(11-23-25(20,21)22)12-5-3-2-4-6-12/h2-6,13-16H,7-11H2,1H3,(H2,20,21,22)/t13-,14+,15?,16?. The van der Waals surface area contributed by atoms with Crippen LogP contribution in [0.2, 0.25) is 0 Å². The number of piperidine rings is 1. The molecule has 3 rings (SSSR count). The Morgan fingerprint density at radius 2 is 1.84 bits per heavy atom. The summed E-state index contributed by atoms with van der Waals surface area (Å²) in [4.78, 5) is 32.9. The molecule has 0 amide bonds. The van der Waals surface area contributed by atoms with Gasteiger partial charge in [-0.3, -0.25) is 9.32 Å². The Kier molecular flexibility index (Phi) is 5.61. The van der Waals surface area contributed by atoms with Crippen LogP contribution in [0.25, 0.3) is 0 Å². The monoisotopic (exact) mass is 369 g/mol. The van der Waals surface area contributed by atoms with Crippen LogP contribution in [0, 0.1) is 0 Å². The maximum Gasteiger partial charge on any atom is 0.469 e. The van der Waals surface area contributed by atoms with Crippen molar-refractivity contribution in [1.82, 2.24) is 4.90 Å². The SMILES string of the molecule is CN1[C@@H]2CC[C@H]1CC(OC(=O)C(COP(=O)(O)O)c1ccccc1)C2. The van der Waals surface area contributed by atoms with E-state index in [9.17, 15) is 9.36 Å². The molecule has 0 radical (unpaired) electrons. The highest BCUT2D eigenvalue weighted by atomic mass is 31.2. The van der Waals surface area contributed by atoms with Crippen LogP contribution in [0.5, 0.6) is 0 Å². The minimum atomic E-state index is -4.65. The molecule has 25 heavy (non-hydrogen) atoms. The number of hydrogen-bond donors (Lipinski definition) is 2. The lowest BCUT2D eigenvalue weighted by atomic mass is 9.98. The van der Waals surface area contributed by atoms with E-state index in [0.717, 1.165) is 25.7 Å². The summed E-state index contributed by atoms with van der Waals surface area (Å²) in [5, 5.41) is 0. The Bertz CT molecular complexity index is 634. The minimum Gasteiger partial charge on any atom is -0.462 e. The number of carbonyl (C=O) groups excluding carboxylic acids is 1. The number of ether oxygens (including phenoxy) is 1. The third-order valence-corrected chi connectivity index (χ3v) is 5.72. The second kappa shape index (κ2) is 7.56. The van der Waals surface area contributed by atoms with Crippen molar-refractivity contribution in [3.8, 4) is 0 Å².